The molecule has 0 nitrogen and oxygen atoms in total. The molecule has 13 heavy (non-hydrogen) atoms. The summed E-state index contributed by atoms with van der Waals surface area (Å²) in [6.07, 6.45) is 0. The van der Waals surface area contributed by atoms with E-state index >= 15 is 0 Å². The highest BCUT2D eigenvalue weighted by Crippen LogP contribution is 2.22. The van der Waals surface area contributed by atoms with Crippen LogP contribution >= 0.6 is 27.3 Å². The molecule has 2 rings (SSSR count). The fourth-order valence-electron chi connectivity index (χ4n) is 1.22. The van der Waals surface area contributed by atoms with E-state index in [1.165, 1.54) is 16.7 Å². The molecule has 0 saturated carbocycles. The van der Waals surface area contributed by atoms with Gasteiger partial charge in [-0.2, -0.15) is 11.3 Å². The van der Waals surface area contributed by atoms with E-state index in [0.29, 0.717) is 0 Å². The second-order valence-electron chi connectivity index (χ2n) is 2.84. The number of halogens is 1. The molecule has 2 heteroatoms. The zero-order valence-electron chi connectivity index (χ0n) is 7.03. The SMILES string of the molecule is BrCc1ccc(-c2ccsc2)cc1. The van der Waals surface area contributed by atoms with Gasteiger partial charge < -0.3 is 0 Å². The van der Waals surface area contributed by atoms with Gasteiger partial charge in [-0.15, -0.1) is 0 Å². The van der Waals surface area contributed by atoms with Crippen LogP contribution < -0.4 is 0 Å². The second kappa shape index (κ2) is 4.07. The number of alkyl halides is 1. The fraction of sp³-hybridized carbons (Fsp3) is 0.0909. The van der Waals surface area contributed by atoms with Crippen molar-refractivity contribution in [3.63, 3.8) is 0 Å². The number of rotatable bonds is 2. The molecule has 0 N–H and O–H groups in total. The minimum atomic E-state index is 0.927. The minimum absolute atomic E-state index is 0.927. The largest absolute Gasteiger partial charge is 0.152 e. The summed E-state index contributed by atoms with van der Waals surface area (Å²) in [4.78, 5) is 0. The van der Waals surface area contributed by atoms with E-state index in [2.05, 4.69) is 57.0 Å². The third-order valence-electron chi connectivity index (χ3n) is 1.96. The average Bonchev–Trinajstić information content (AvgIpc) is 2.71. The standard InChI is InChI=1S/C11H9BrS/c12-7-9-1-3-10(4-2-9)11-5-6-13-8-11/h1-6,8H,7H2. The Morgan fingerprint density at radius 1 is 1.00 bits per heavy atom. The van der Waals surface area contributed by atoms with Crippen LogP contribution in [0.3, 0.4) is 0 Å². The van der Waals surface area contributed by atoms with E-state index < -0.39 is 0 Å². The maximum absolute atomic E-state index is 3.43. The van der Waals surface area contributed by atoms with E-state index in [0.717, 1.165) is 5.33 Å². The number of benzene rings is 1. The third kappa shape index (κ3) is 2.01. The Morgan fingerprint density at radius 2 is 1.77 bits per heavy atom. The highest BCUT2D eigenvalue weighted by atomic mass is 79.9. The Balaban J connectivity index is 2.33. The molecule has 0 saturated heterocycles. The quantitative estimate of drug-likeness (QED) is 0.699. The first-order valence-electron chi connectivity index (χ1n) is 4.07. The summed E-state index contributed by atoms with van der Waals surface area (Å²) in [5.41, 5.74) is 3.93. The number of hydrogen-bond donors (Lipinski definition) is 0. The predicted molar refractivity (Wildman–Crippen MR) is 62.4 cm³/mol. The van der Waals surface area contributed by atoms with Crippen LogP contribution in [0.4, 0.5) is 0 Å². The summed E-state index contributed by atoms with van der Waals surface area (Å²) in [5.74, 6) is 0. The first-order chi connectivity index (χ1) is 6.40. The van der Waals surface area contributed by atoms with Gasteiger partial charge in [-0.1, -0.05) is 40.2 Å². The van der Waals surface area contributed by atoms with Gasteiger partial charge in [-0.25, -0.2) is 0 Å². The first-order valence-corrected chi connectivity index (χ1v) is 6.14. The molecule has 0 radical (unpaired) electrons. The Bertz CT molecular complexity index is 361. The minimum Gasteiger partial charge on any atom is -0.152 e. The second-order valence-corrected chi connectivity index (χ2v) is 4.18. The van der Waals surface area contributed by atoms with Gasteiger partial charge in [0, 0.05) is 5.33 Å². The molecule has 2 aromatic rings. The van der Waals surface area contributed by atoms with E-state index in [4.69, 9.17) is 0 Å². The van der Waals surface area contributed by atoms with Crippen LogP contribution in [0.5, 0.6) is 0 Å². The molecule has 0 amide bonds. The van der Waals surface area contributed by atoms with Gasteiger partial charge >= 0.3 is 0 Å². The molecular weight excluding hydrogens is 244 g/mol. The van der Waals surface area contributed by atoms with Crippen molar-refractivity contribution in [1.29, 1.82) is 0 Å². The topological polar surface area (TPSA) is 0 Å². The molecule has 0 aliphatic carbocycles. The lowest BCUT2D eigenvalue weighted by molar-refractivity contribution is 1.44. The fourth-order valence-corrected chi connectivity index (χ4v) is 2.25. The van der Waals surface area contributed by atoms with Gasteiger partial charge in [-0.05, 0) is 33.5 Å². The van der Waals surface area contributed by atoms with Crippen molar-refractivity contribution in [2.75, 3.05) is 0 Å². The number of hydrogen-bond acceptors (Lipinski definition) is 1. The smallest absolute Gasteiger partial charge is 0.0283 e. The van der Waals surface area contributed by atoms with E-state index in [1.807, 2.05) is 0 Å². The summed E-state index contributed by atoms with van der Waals surface area (Å²) in [7, 11) is 0. The van der Waals surface area contributed by atoms with Crippen molar-refractivity contribution < 1.29 is 0 Å². The summed E-state index contributed by atoms with van der Waals surface area (Å²) >= 11 is 5.17. The van der Waals surface area contributed by atoms with Crippen molar-refractivity contribution in [2.24, 2.45) is 0 Å². The third-order valence-corrected chi connectivity index (χ3v) is 3.29. The molecule has 0 aliphatic rings. The highest BCUT2D eigenvalue weighted by molar-refractivity contribution is 9.08. The molecular formula is C11H9BrS. The zero-order chi connectivity index (χ0) is 9.10. The Hall–Kier alpha value is -0.600. The molecule has 66 valence electrons. The first kappa shape index (κ1) is 8.97. The van der Waals surface area contributed by atoms with Gasteiger partial charge in [0.2, 0.25) is 0 Å². The summed E-state index contributed by atoms with van der Waals surface area (Å²) in [5, 5.41) is 5.20. The van der Waals surface area contributed by atoms with Crippen molar-refractivity contribution in [3.05, 3.63) is 46.7 Å². The lowest BCUT2D eigenvalue weighted by Gasteiger charge is -1.98. The lowest BCUT2D eigenvalue weighted by atomic mass is 10.1. The monoisotopic (exact) mass is 252 g/mol. The molecule has 0 fully saturated rings. The normalized spacial score (nSPS) is 10.2. The highest BCUT2D eigenvalue weighted by Gasteiger charge is 1.96. The molecule has 0 unspecified atom stereocenters. The van der Waals surface area contributed by atoms with Crippen LogP contribution in [0.2, 0.25) is 0 Å². The average molecular weight is 253 g/mol. The van der Waals surface area contributed by atoms with E-state index in [9.17, 15) is 0 Å². The van der Waals surface area contributed by atoms with Gasteiger partial charge in [-0.3, -0.25) is 0 Å². The molecule has 0 spiro atoms. The summed E-state index contributed by atoms with van der Waals surface area (Å²) < 4.78 is 0. The van der Waals surface area contributed by atoms with Crippen LogP contribution in [0.25, 0.3) is 11.1 Å². The van der Waals surface area contributed by atoms with Gasteiger partial charge in [0.05, 0.1) is 0 Å². The molecule has 1 heterocycles. The summed E-state index contributed by atoms with van der Waals surface area (Å²) in [6.45, 7) is 0. The zero-order valence-corrected chi connectivity index (χ0v) is 9.44. The van der Waals surface area contributed by atoms with Crippen LogP contribution in [-0.4, -0.2) is 0 Å². The van der Waals surface area contributed by atoms with Gasteiger partial charge in [0.15, 0.2) is 0 Å². The van der Waals surface area contributed by atoms with Crippen LogP contribution in [0.1, 0.15) is 5.56 Å². The van der Waals surface area contributed by atoms with Crippen molar-refractivity contribution in [2.45, 2.75) is 5.33 Å². The summed E-state index contributed by atoms with van der Waals surface area (Å²) in [6, 6.07) is 10.8. The molecule has 1 aromatic heterocycles. The van der Waals surface area contributed by atoms with Crippen molar-refractivity contribution in [1.82, 2.24) is 0 Å². The lowest BCUT2D eigenvalue weighted by Crippen LogP contribution is -1.77. The molecule has 0 atom stereocenters. The maximum atomic E-state index is 3.43. The predicted octanol–water partition coefficient (Wildman–Crippen LogP) is 4.31. The molecule has 0 bridgehead atoms. The Labute approximate surface area is 90.4 Å². The van der Waals surface area contributed by atoms with E-state index in [1.54, 1.807) is 11.3 Å². The molecule has 0 aliphatic heterocycles. The Morgan fingerprint density at radius 3 is 2.31 bits per heavy atom. The van der Waals surface area contributed by atoms with Crippen LogP contribution in [-0.2, 0) is 5.33 Å². The van der Waals surface area contributed by atoms with Gasteiger partial charge in [0.25, 0.3) is 0 Å². The van der Waals surface area contributed by atoms with Crippen LogP contribution in [0.15, 0.2) is 41.1 Å². The van der Waals surface area contributed by atoms with E-state index in [-0.39, 0.29) is 0 Å². The van der Waals surface area contributed by atoms with Crippen molar-refractivity contribution in [3.8, 4) is 11.1 Å². The molecule has 1 aromatic carbocycles. The van der Waals surface area contributed by atoms with Crippen molar-refractivity contribution >= 4 is 27.3 Å². The number of thiophene rings is 1. The Kier molecular flexibility index (Phi) is 2.81. The van der Waals surface area contributed by atoms with Gasteiger partial charge in [0.1, 0.15) is 0 Å². The van der Waals surface area contributed by atoms with Crippen LogP contribution in [0, 0.1) is 0 Å². The maximum Gasteiger partial charge on any atom is 0.0283 e.